The van der Waals surface area contributed by atoms with Crippen LogP contribution in [0.1, 0.15) is 0 Å². The Bertz CT molecular complexity index is 225. The minimum Gasteiger partial charge on any atom is -0.493 e. The fourth-order valence-corrected chi connectivity index (χ4v) is 1.45. The van der Waals surface area contributed by atoms with Crippen LogP contribution in [0.3, 0.4) is 0 Å². The van der Waals surface area contributed by atoms with Gasteiger partial charge >= 0.3 is 0 Å². The molecule has 0 unspecified atom stereocenters. The van der Waals surface area contributed by atoms with Gasteiger partial charge in [0.05, 0.1) is 6.61 Å². The van der Waals surface area contributed by atoms with Crippen LogP contribution in [0.2, 0.25) is 0 Å². The van der Waals surface area contributed by atoms with Crippen LogP contribution in [0, 0.1) is 3.57 Å². The van der Waals surface area contributed by atoms with Crippen molar-refractivity contribution in [2.75, 3.05) is 11.0 Å². The monoisotopic (exact) mass is 374 g/mol. The molecule has 0 aliphatic heterocycles. The van der Waals surface area contributed by atoms with E-state index in [1.54, 1.807) is 0 Å². The Hall–Kier alpha value is 0.480. The first-order chi connectivity index (χ1) is 5.33. The van der Waals surface area contributed by atoms with Crippen molar-refractivity contribution >= 4 is 45.2 Å². The van der Waals surface area contributed by atoms with Gasteiger partial charge in [-0.15, -0.1) is 0 Å². The van der Waals surface area contributed by atoms with Crippen LogP contribution in [0.25, 0.3) is 0 Å². The Balaban J connectivity index is 2.56. The molecule has 0 saturated carbocycles. The van der Waals surface area contributed by atoms with Gasteiger partial charge in [-0.25, -0.2) is 0 Å². The zero-order chi connectivity index (χ0) is 8.10. The van der Waals surface area contributed by atoms with Crippen LogP contribution in [0.5, 0.6) is 5.75 Å². The lowest BCUT2D eigenvalue weighted by Gasteiger charge is -2.02. The highest BCUT2D eigenvalue weighted by Gasteiger charge is 1.91. The SMILES string of the molecule is ICCOc1cccc(I)c1. The molecular formula is C8H8I2O. The average molecular weight is 374 g/mol. The van der Waals surface area contributed by atoms with Crippen molar-refractivity contribution in [1.29, 1.82) is 0 Å². The maximum Gasteiger partial charge on any atom is 0.120 e. The van der Waals surface area contributed by atoms with Crippen molar-refractivity contribution in [1.82, 2.24) is 0 Å². The third-order valence-corrected chi connectivity index (χ3v) is 2.25. The number of hydrogen-bond acceptors (Lipinski definition) is 1. The lowest BCUT2D eigenvalue weighted by Crippen LogP contribution is -1.97. The number of ether oxygens (including phenoxy) is 1. The Kier molecular flexibility index (Phi) is 4.51. The van der Waals surface area contributed by atoms with Gasteiger partial charge in [0, 0.05) is 8.00 Å². The quantitative estimate of drug-likeness (QED) is 0.584. The minimum absolute atomic E-state index is 0.792. The van der Waals surface area contributed by atoms with Crippen LogP contribution in [0.15, 0.2) is 24.3 Å². The van der Waals surface area contributed by atoms with Crippen molar-refractivity contribution < 1.29 is 4.74 Å². The highest BCUT2D eigenvalue weighted by Crippen LogP contribution is 2.14. The summed E-state index contributed by atoms with van der Waals surface area (Å²) in [5.41, 5.74) is 0. The molecule has 1 nitrogen and oxygen atoms in total. The van der Waals surface area contributed by atoms with Crippen molar-refractivity contribution in [3.8, 4) is 5.75 Å². The van der Waals surface area contributed by atoms with E-state index in [0.29, 0.717) is 0 Å². The smallest absolute Gasteiger partial charge is 0.120 e. The molecule has 0 amide bonds. The van der Waals surface area contributed by atoms with Crippen molar-refractivity contribution in [3.05, 3.63) is 27.8 Å². The number of alkyl halides is 1. The first kappa shape index (κ1) is 9.57. The third-order valence-electron chi connectivity index (χ3n) is 1.14. The van der Waals surface area contributed by atoms with E-state index in [4.69, 9.17) is 4.74 Å². The van der Waals surface area contributed by atoms with Gasteiger partial charge in [0.2, 0.25) is 0 Å². The zero-order valence-electron chi connectivity index (χ0n) is 5.89. The molecule has 0 aromatic heterocycles. The van der Waals surface area contributed by atoms with E-state index >= 15 is 0 Å². The number of rotatable bonds is 3. The molecule has 1 aromatic carbocycles. The molecule has 0 saturated heterocycles. The number of hydrogen-bond donors (Lipinski definition) is 0. The Morgan fingerprint density at radius 3 is 2.82 bits per heavy atom. The minimum atomic E-state index is 0.792. The van der Waals surface area contributed by atoms with Gasteiger partial charge in [-0.2, -0.15) is 0 Å². The lowest BCUT2D eigenvalue weighted by atomic mass is 10.3. The molecule has 0 spiro atoms. The van der Waals surface area contributed by atoms with Crippen LogP contribution < -0.4 is 4.74 Å². The first-order valence-corrected chi connectivity index (χ1v) is 5.87. The molecule has 60 valence electrons. The molecule has 0 bridgehead atoms. The summed E-state index contributed by atoms with van der Waals surface area (Å²) in [6.45, 7) is 0.792. The fraction of sp³-hybridized carbons (Fsp3) is 0.250. The Morgan fingerprint density at radius 1 is 1.36 bits per heavy atom. The van der Waals surface area contributed by atoms with Crippen LogP contribution >= 0.6 is 45.2 Å². The third kappa shape index (κ3) is 3.59. The van der Waals surface area contributed by atoms with E-state index in [1.165, 1.54) is 3.57 Å². The molecule has 0 heterocycles. The molecule has 3 heteroatoms. The van der Waals surface area contributed by atoms with Crippen LogP contribution in [-0.2, 0) is 0 Å². The second-order valence-corrected chi connectivity index (χ2v) is 4.32. The summed E-state index contributed by atoms with van der Waals surface area (Å²) in [5, 5.41) is 0. The molecule has 0 aliphatic carbocycles. The van der Waals surface area contributed by atoms with Gasteiger partial charge in [-0.05, 0) is 40.8 Å². The highest BCUT2D eigenvalue weighted by atomic mass is 127. The standard InChI is InChI=1S/C8H8I2O/c9-4-5-11-8-3-1-2-7(10)6-8/h1-3,6H,4-5H2. The maximum atomic E-state index is 5.42. The summed E-state index contributed by atoms with van der Waals surface area (Å²) in [4.78, 5) is 0. The van der Waals surface area contributed by atoms with Crippen molar-refractivity contribution in [2.24, 2.45) is 0 Å². The first-order valence-electron chi connectivity index (χ1n) is 3.27. The summed E-state index contributed by atoms with van der Waals surface area (Å²) >= 11 is 4.57. The predicted molar refractivity (Wildman–Crippen MR) is 63.5 cm³/mol. The highest BCUT2D eigenvalue weighted by molar-refractivity contribution is 14.1. The van der Waals surface area contributed by atoms with E-state index in [0.717, 1.165) is 16.8 Å². The molecular weight excluding hydrogens is 366 g/mol. The molecule has 0 radical (unpaired) electrons. The molecule has 0 aliphatic rings. The Morgan fingerprint density at radius 2 is 2.18 bits per heavy atom. The van der Waals surface area contributed by atoms with E-state index in [-0.39, 0.29) is 0 Å². The number of benzene rings is 1. The molecule has 0 N–H and O–H groups in total. The predicted octanol–water partition coefficient (Wildman–Crippen LogP) is 3.11. The van der Waals surface area contributed by atoms with E-state index in [2.05, 4.69) is 51.2 Å². The summed E-state index contributed by atoms with van der Waals surface area (Å²) in [5.74, 6) is 0.966. The maximum absolute atomic E-state index is 5.42. The number of halogens is 2. The van der Waals surface area contributed by atoms with Crippen LogP contribution in [0.4, 0.5) is 0 Å². The summed E-state index contributed by atoms with van der Waals surface area (Å²) in [6, 6.07) is 8.07. The average Bonchev–Trinajstić information content (AvgIpc) is 2.01. The molecule has 0 atom stereocenters. The van der Waals surface area contributed by atoms with E-state index in [9.17, 15) is 0 Å². The zero-order valence-corrected chi connectivity index (χ0v) is 10.2. The van der Waals surface area contributed by atoms with Gasteiger partial charge < -0.3 is 4.74 Å². The fourth-order valence-electron chi connectivity index (χ4n) is 0.713. The topological polar surface area (TPSA) is 9.23 Å². The van der Waals surface area contributed by atoms with Gasteiger partial charge in [-0.1, -0.05) is 28.7 Å². The van der Waals surface area contributed by atoms with E-state index < -0.39 is 0 Å². The van der Waals surface area contributed by atoms with Gasteiger partial charge in [0.1, 0.15) is 5.75 Å². The van der Waals surface area contributed by atoms with E-state index in [1.807, 2.05) is 18.2 Å². The van der Waals surface area contributed by atoms with Crippen LogP contribution in [-0.4, -0.2) is 11.0 Å². The van der Waals surface area contributed by atoms with Gasteiger partial charge in [-0.3, -0.25) is 0 Å². The normalized spacial score (nSPS) is 9.64. The Labute approximate surface area is 93.8 Å². The van der Waals surface area contributed by atoms with Crippen molar-refractivity contribution in [2.45, 2.75) is 0 Å². The summed E-state index contributed by atoms with van der Waals surface area (Å²) < 4.78 is 7.67. The van der Waals surface area contributed by atoms with Gasteiger partial charge in [0.25, 0.3) is 0 Å². The second kappa shape index (κ2) is 5.18. The second-order valence-electron chi connectivity index (χ2n) is 1.99. The summed E-state index contributed by atoms with van der Waals surface area (Å²) in [6.07, 6.45) is 0. The largest absolute Gasteiger partial charge is 0.493 e. The van der Waals surface area contributed by atoms with Crippen molar-refractivity contribution in [3.63, 3.8) is 0 Å². The molecule has 11 heavy (non-hydrogen) atoms. The molecule has 1 rings (SSSR count). The van der Waals surface area contributed by atoms with Gasteiger partial charge in [0.15, 0.2) is 0 Å². The lowest BCUT2D eigenvalue weighted by molar-refractivity contribution is 0.346. The molecule has 1 aromatic rings. The summed E-state index contributed by atoms with van der Waals surface area (Å²) in [7, 11) is 0. The molecule has 0 fully saturated rings.